The summed E-state index contributed by atoms with van der Waals surface area (Å²) in [4.78, 5) is 2.44. The number of nitrogens with two attached hydrogens (primary N) is 1. The highest BCUT2D eigenvalue weighted by atomic mass is 16.5. The summed E-state index contributed by atoms with van der Waals surface area (Å²) in [6, 6.07) is 9.13. The topological polar surface area (TPSA) is 38.5 Å². The SMILES string of the molecule is CCOCCN1Cc2ccccc2CC1CN. The molecular weight excluding hydrogens is 212 g/mol. The fraction of sp³-hybridized carbons (Fsp3) is 0.571. The zero-order valence-electron chi connectivity index (χ0n) is 10.6. The molecule has 0 amide bonds. The lowest BCUT2D eigenvalue weighted by atomic mass is 9.94. The fourth-order valence-corrected chi connectivity index (χ4v) is 2.46. The van der Waals surface area contributed by atoms with E-state index in [2.05, 4.69) is 29.2 Å². The Morgan fingerprint density at radius 3 is 2.82 bits per heavy atom. The lowest BCUT2D eigenvalue weighted by Gasteiger charge is -2.36. The Morgan fingerprint density at radius 1 is 1.35 bits per heavy atom. The largest absolute Gasteiger partial charge is 0.380 e. The number of fused-ring (bicyclic) bond motifs is 1. The highest BCUT2D eigenvalue weighted by molar-refractivity contribution is 5.30. The second-order valence-electron chi connectivity index (χ2n) is 4.53. The molecule has 2 N–H and O–H groups in total. The summed E-state index contributed by atoms with van der Waals surface area (Å²) in [7, 11) is 0. The van der Waals surface area contributed by atoms with Crippen molar-refractivity contribution >= 4 is 0 Å². The molecule has 0 fully saturated rings. The summed E-state index contributed by atoms with van der Waals surface area (Å²) in [5, 5.41) is 0. The van der Waals surface area contributed by atoms with E-state index in [1.165, 1.54) is 11.1 Å². The van der Waals surface area contributed by atoms with Crippen molar-refractivity contribution in [2.45, 2.75) is 25.9 Å². The van der Waals surface area contributed by atoms with E-state index in [0.29, 0.717) is 6.04 Å². The Balaban J connectivity index is 2.02. The minimum absolute atomic E-state index is 0.463. The quantitative estimate of drug-likeness (QED) is 0.783. The number of hydrogen-bond donors (Lipinski definition) is 1. The normalized spacial score (nSPS) is 20.2. The summed E-state index contributed by atoms with van der Waals surface area (Å²) >= 11 is 0. The average molecular weight is 234 g/mol. The molecule has 1 unspecified atom stereocenters. The Hall–Kier alpha value is -0.900. The van der Waals surface area contributed by atoms with Crippen LogP contribution < -0.4 is 5.73 Å². The van der Waals surface area contributed by atoms with Gasteiger partial charge in [-0.3, -0.25) is 4.90 Å². The molecule has 0 aliphatic carbocycles. The van der Waals surface area contributed by atoms with Gasteiger partial charge in [0, 0.05) is 32.3 Å². The molecule has 0 bridgehead atoms. The van der Waals surface area contributed by atoms with Gasteiger partial charge in [-0.15, -0.1) is 0 Å². The van der Waals surface area contributed by atoms with Crippen LogP contribution in [0, 0.1) is 0 Å². The monoisotopic (exact) mass is 234 g/mol. The van der Waals surface area contributed by atoms with Crippen molar-refractivity contribution in [2.75, 3.05) is 26.3 Å². The number of nitrogens with zero attached hydrogens (tertiary/aromatic N) is 1. The molecular formula is C14H22N2O. The molecule has 1 aromatic rings. The molecule has 1 atom stereocenters. The van der Waals surface area contributed by atoms with E-state index in [4.69, 9.17) is 10.5 Å². The molecule has 2 rings (SSSR count). The van der Waals surface area contributed by atoms with Gasteiger partial charge < -0.3 is 10.5 Å². The van der Waals surface area contributed by atoms with E-state index in [1.54, 1.807) is 0 Å². The van der Waals surface area contributed by atoms with Crippen LogP contribution in [0.2, 0.25) is 0 Å². The van der Waals surface area contributed by atoms with Gasteiger partial charge in [-0.05, 0) is 24.5 Å². The molecule has 1 aromatic carbocycles. The molecule has 3 nitrogen and oxygen atoms in total. The van der Waals surface area contributed by atoms with Crippen molar-refractivity contribution in [2.24, 2.45) is 5.73 Å². The Kier molecular flexibility index (Phi) is 4.54. The van der Waals surface area contributed by atoms with Crippen molar-refractivity contribution < 1.29 is 4.74 Å². The lowest BCUT2D eigenvalue weighted by molar-refractivity contribution is 0.0865. The summed E-state index contributed by atoms with van der Waals surface area (Å²) in [6.45, 7) is 6.33. The first-order valence-corrected chi connectivity index (χ1v) is 6.43. The first-order chi connectivity index (χ1) is 8.35. The highest BCUT2D eigenvalue weighted by Crippen LogP contribution is 2.22. The second-order valence-corrected chi connectivity index (χ2v) is 4.53. The molecule has 94 valence electrons. The van der Waals surface area contributed by atoms with E-state index < -0.39 is 0 Å². The van der Waals surface area contributed by atoms with Gasteiger partial charge in [0.1, 0.15) is 0 Å². The molecule has 0 saturated carbocycles. The maximum atomic E-state index is 5.87. The van der Waals surface area contributed by atoms with Gasteiger partial charge in [0.15, 0.2) is 0 Å². The van der Waals surface area contributed by atoms with Gasteiger partial charge in [0.25, 0.3) is 0 Å². The molecule has 17 heavy (non-hydrogen) atoms. The number of hydrogen-bond acceptors (Lipinski definition) is 3. The predicted octanol–water partition coefficient (Wildman–Crippen LogP) is 1.41. The van der Waals surface area contributed by atoms with Crippen molar-refractivity contribution in [3.8, 4) is 0 Å². The van der Waals surface area contributed by atoms with E-state index in [0.717, 1.165) is 39.3 Å². The molecule has 3 heteroatoms. The maximum absolute atomic E-state index is 5.87. The third kappa shape index (κ3) is 3.06. The predicted molar refractivity (Wildman–Crippen MR) is 69.9 cm³/mol. The molecule has 1 aliphatic rings. The minimum atomic E-state index is 0.463. The van der Waals surface area contributed by atoms with E-state index in [1.807, 2.05) is 6.92 Å². The summed E-state index contributed by atoms with van der Waals surface area (Å²) < 4.78 is 5.43. The fourth-order valence-electron chi connectivity index (χ4n) is 2.46. The van der Waals surface area contributed by atoms with Crippen molar-refractivity contribution in [1.29, 1.82) is 0 Å². The van der Waals surface area contributed by atoms with E-state index in [-0.39, 0.29) is 0 Å². The number of ether oxygens (including phenoxy) is 1. The van der Waals surface area contributed by atoms with Crippen LogP contribution >= 0.6 is 0 Å². The van der Waals surface area contributed by atoms with Crippen molar-refractivity contribution in [3.63, 3.8) is 0 Å². The summed E-state index contributed by atoms with van der Waals surface area (Å²) in [5.74, 6) is 0. The van der Waals surface area contributed by atoms with Gasteiger partial charge in [0.05, 0.1) is 6.61 Å². The third-order valence-corrected chi connectivity index (χ3v) is 3.46. The van der Waals surface area contributed by atoms with Gasteiger partial charge in [-0.2, -0.15) is 0 Å². The van der Waals surface area contributed by atoms with Crippen LogP contribution in [0.25, 0.3) is 0 Å². The first kappa shape index (κ1) is 12.6. The van der Waals surface area contributed by atoms with Crippen LogP contribution in [0.1, 0.15) is 18.1 Å². The number of rotatable bonds is 5. The molecule has 0 saturated heterocycles. The van der Waals surface area contributed by atoms with Gasteiger partial charge in [0.2, 0.25) is 0 Å². The zero-order valence-corrected chi connectivity index (χ0v) is 10.6. The molecule has 0 aromatic heterocycles. The van der Waals surface area contributed by atoms with Crippen molar-refractivity contribution in [1.82, 2.24) is 4.90 Å². The van der Waals surface area contributed by atoms with Gasteiger partial charge >= 0.3 is 0 Å². The molecule has 1 heterocycles. The number of benzene rings is 1. The highest BCUT2D eigenvalue weighted by Gasteiger charge is 2.24. The third-order valence-electron chi connectivity index (χ3n) is 3.46. The summed E-state index contributed by atoms with van der Waals surface area (Å²) in [5.41, 5.74) is 8.77. The molecule has 1 aliphatic heterocycles. The van der Waals surface area contributed by atoms with Crippen LogP contribution in [-0.2, 0) is 17.7 Å². The van der Waals surface area contributed by atoms with Crippen LogP contribution in [0.5, 0.6) is 0 Å². The van der Waals surface area contributed by atoms with Gasteiger partial charge in [-0.25, -0.2) is 0 Å². The van der Waals surface area contributed by atoms with E-state index in [9.17, 15) is 0 Å². The van der Waals surface area contributed by atoms with Crippen LogP contribution in [-0.4, -0.2) is 37.2 Å². The van der Waals surface area contributed by atoms with Crippen LogP contribution in [0.4, 0.5) is 0 Å². The Labute approximate surface area is 104 Å². The Bertz CT molecular complexity index is 354. The van der Waals surface area contributed by atoms with Crippen molar-refractivity contribution in [3.05, 3.63) is 35.4 Å². The van der Waals surface area contributed by atoms with Crippen LogP contribution in [0.15, 0.2) is 24.3 Å². The van der Waals surface area contributed by atoms with Crippen LogP contribution in [0.3, 0.4) is 0 Å². The average Bonchev–Trinajstić information content (AvgIpc) is 2.38. The Morgan fingerprint density at radius 2 is 2.12 bits per heavy atom. The molecule has 0 spiro atoms. The van der Waals surface area contributed by atoms with E-state index >= 15 is 0 Å². The summed E-state index contributed by atoms with van der Waals surface area (Å²) in [6.07, 6.45) is 1.07. The maximum Gasteiger partial charge on any atom is 0.0593 e. The smallest absolute Gasteiger partial charge is 0.0593 e. The molecule has 0 radical (unpaired) electrons. The minimum Gasteiger partial charge on any atom is -0.380 e. The standard InChI is InChI=1S/C14H22N2O/c1-2-17-8-7-16-11-13-6-4-3-5-12(13)9-14(16)10-15/h3-6,14H,2,7-11,15H2,1H3. The first-order valence-electron chi connectivity index (χ1n) is 6.43. The zero-order chi connectivity index (χ0) is 12.1. The second kappa shape index (κ2) is 6.15. The van der Waals surface area contributed by atoms with Gasteiger partial charge in [-0.1, -0.05) is 24.3 Å². The lowest BCUT2D eigenvalue weighted by Crippen LogP contribution is -2.46.